The maximum Gasteiger partial charge on any atom is 0.272 e. The summed E-state index contributed by atoms with van der Waals surface area (Å²) in [6.07, 6.45) is 2.38. The monoisotopic (exact) mass is 475 g/mol. The fourth-order valence-corrected chi connectivity index (χ4v) is 5.67. The molecule has 2 aromatic heterocycles. The average molecular weight is 475 g/mol. The van der Waals surface area contributed by atoms with Crippen molar-refractivity contribution in [3.05, 3.63) is 41.6 Å². The predicted octanol–water partition coefficient (Wildman–Crippen LogP) is 3.84. The van der Waals surface area contributed by atoms with Crippen LogP contribution in [0.2, 0.25) is 0 Å². The number of nitrogens with zero attached hydrogens (tertiary/aromatic N) is 2. The van der Waals surface area contributed by atoms with Crippen LogP contribution in [-0.2, 0) is 21.9 Å². The number of aromatic nitrogens is 2. The highest BCUT2D eigenvalue weighted by atomic mass is 32.2. The van der Waals surface area contributed by atoms with Gasteiger partial charge in [-0.15, -0.1) is 0 Å². The molecule has 5 rings (SSSR count). The topological polar surface area (TPSA) is 113 Å². The second-order valence-electron chi connectivity index (χ2n) is 8.12. The van der Waals surface area contributed by atoms with Crippen LogP contribution < -0.4 is 18.9 Å². The zero-order valence-electron chi connectivity index (χ0n) is 18.2. The molecule has 0 amide bonds. The number of pyridine rings is 1. The van der Waals surface area contributed by atoms with Gasteiger partial charge in [-0.25, -0.2) is 17.8 Å². The zero-order valence-corrected chi connectivity index (χ0v) is 19.0. The number of hydrogen-bond acceptors (Lipinski definition) is 8. The molecule has 1 fully saturated rings. The van der Waals surface area contributed by atoms with Crippen molar-refractivity contribution in [1.82, 2.24) is 10.1 Å². The molecular formula is C22H22FN3O6S. The molecule has 9 nitrogen and oxygen atoms in total. The SMILES string of the molecule is COc1ccnc(OC)c1S(=O)(=O)Nc1noc2c1CC1(CC1)c1ccc(OC(C)F)cc1-2. The summed E-state index contributed by atoms with van der Waals surface area (Å²) in [4.78, 5) is 3.74. The fourth-order valence-electron chi connectivity index (χ4n) is 4.37. The lowest BCUT2D eigenvalue weighted by Crippen LogP contribution is -2.20. The molecule has 2 aliphatic carbocycles. The van der Waals surface area contributed by atoms with Crippen LogP contribution in [-0.4, -0.2) is 39.1 Å². The first-order valence-corrected chi connectivity index (χ1v) is 11.8. The highest BCUT2D eigenvalue weighted by molar-refractivity contribution is 7.93. The molecule has 1 unspecified atom stereocenters. The first-order chi connectivity index (χ1) is 15.8. The summed E-state index contributed by atoms with van der Waals surface area (Å²) in [5, 5.41) is 4.02. The molecule has 0 aliphatic heterocycles. The number of alkyl halides is 1. The number of rotatable bonds is 7. The Morgan fingerprint density at radius 2 is 2.00 bits per heavy atom. The van der Waals surface area contributed by atoms with Gasteiger partial charge >= 0.3 is 0 Å². The first-order valence-electron chi connectivity index (χ1n) is 10.3. The number of nitrogens with one attached hydrogen (secondary N) is 1. The van der Waals surface area contributed by atoms with E-state index in [-0.39, 0.29) is 27.8 Å². The number of halogens is 1. The molecule has 2 aliphatic rings. The minimum atomic E-state index is -4.18. The number of fused-ring (bicyclic) bond motifs is 4. The molecule has 33 heavy (non-hydrogen) atoms. The van der Waals surface area contributed by atoms with E-state index in [9.17, 15) is 12.8 Å². The van der Waals surface area contributed by atoms with Gasteiger partial charge in [0.15, 0.2) is 16.5 Å². The van der Waals surface area contributed by atoms with Gasteiger partial charge in [-0.2, -0.15) is 0 Å². The number of methoxy groups -OCH3 is 2. The Morgan fingerprint density at radius 3 is 2.67 bits per heavy atom. The number of benzene rings is 1. The summed E-state index contributed by atoms with van der Waals surface area (Å²) in [5.41, 5.74) is 2.30. The van der Waals surface area contributed by atoms with Crippen molar-refractivity contribution in [1.29, 1.82) is 0 Å². The van der Waals surface area contributed by atoms with Gasteiger partial charge in [0.2, 0.25) is 12.2 Å². The first kappa shape index (κ1) is 21.5. The van der Waals surface area contributed by atoms with Gasteiger partial charge < -0.3 is 18.7 Å². The summed E-state index contributed by atoms with van der Waals surface area (Å²) in [6, 6.07) is 6.79. The van der Waals surface area contributed by atoms with Crippen LogP contribution in [0.25, 0.3) is 11.3 Å². The summed E-state index contributed by atoms with van der Waals surface area (Å²) in [5.74, 6) is 0.848. The maximum absolute atomic E-state index is 13.4. The molecule has 0 saturated heterocycles. The Hall–Kier alpha value is -3.34. The number of sulfonamides is 1. The van der Waals surface area contributed by atoms with Gasteiger partial charge in [-0.05, 0) is 37.0 Å². The second kappa shape index (κ2) is 7.62. The molecule has 2 heterocycles. The summed E-state index contributed by atoms with van der Waals surface area (Å²) in [6.45, 7) is 1.30. The van der Waals surface area contributed by atoms with Crippen molar-refractivity contribution in [2.24, 2.45) is 0 Å². The van der Waals surface area contributed by atoms with E-state index in [2.05, 4.69) is 14.9 Å². The number of ether oxygens (including phenoxy) is 3. The van der Waals surface area contributed by atoms with Crippen molar-refractivity contribution in [2.45, 2.75) is 42.9 Å². The summed E-state index contributed by atoms with van der Waals surface area (Å²) in [7, 11) is -1.50. The van der Waals surface area contributed by atoms with Gasteiger partial charge in [0.25, 0.3) is 10.0 Å². The van der Waals surface area contributed by atoms with Gasteiger partial charge in [-0.3, -0.25) is 4.72 Å². The predicted molar refractivity (Wildman–Crippen MR) is 116 cm³/mol. The van der Waals surface area contributed by atoms with E-state index < -0.39 is 16.4 Å². The lowest BCUT2D eigenvalue weighted by molar-refractivity contribution is 0.0860. The number of hydrogen-bond donors (Lipinski definition) is 1. The summed E-state index contributed by atoms with van der Waals surface area (Å²) < 4.78 is 63.6. The third-order valence-electron chi connectivity index (χ3n) is 6.01. The Balaban J connectivity index is 1.57. The van der Waals surface area contributed by atoms with Crippen LogP contribution in [0.4, 0.5) is 10.2 Å². The smallest absolute Gasteiger partial charge is 0.272 e. The normalized spacial score (nSPS) is 16.5. The molecule has 1 aromatic carbocycles. The quantitative estimate of drug-likeness (QED) is 0.549. The minimum absolute atomic E-state index is 0.0813. The molecule has 3 aromatic rings. The van der Waals surface area contributed by atoms with Crippen LogP contribution in [0.3, 0.4) is 0 Å². The Kier molecular flexibility index (Phi) is 4.96. The van der Waals surface area contributed by atoms with Crippen LogP contribution >= 0.6 is 0 Å². The third kappa shape index (κ3) is 3.56. The molecule has 1 spiro atoms. The molecule has 1 saturated carbocycles. The van der Waals surface area contributed by atoms with Crippen molar-refractivity contribution in [3.63, 3.8) is 0 Å². The Morgan fingerprint density at radius 1 is 1.21 bits per heavy atom. The van der Waals surface area contributed by atoms with Crippen molar-refractivity contribution >= 4 is 15.8 Å². The molecule has 1 N–H and O–H groups in total. The van der Waals surface area contributed by atoms with Crippen molar-refractivity contribution in [3.8, 4) is 28.7 Å². The molecule has 174 valence electrons. The molecule has 0 bridgehead atoms. The standard InChI is InChI=1S/C22H22FN3O6S/c1-12(23)31-13-4-5-16-14(10-13)18-15(11-22(16)7-8-22)20(25-32-18)26-33(27,28)19-17(29-2)6-9-24-21(19)30-3/h4-6,9-10,12H,7-8,11H2,1-3H3,(H,25,26). The van der Waals surface area contributed by atoms with Gasteiger partial charge in [0, 0.05) is 35.7 Å². The fraction of sp³-hybridized carbons (Fsp3) is 0.364. The van der Waals surface area contributed by atoms with Crippen LogP contribution in [0.5, 0.6) is 17.4 Å². The molecule has 11 heteroatoms. The third-order valence-corrected chi connectivity index (χ3v) is 7.39. The lowest BCUT2D eigenvalue weighted by atomic mass is 9.79. The molecule has 1 atom stereocenters. The van der Waals surface area contributed by atoms with E-state index in [1.165, 1.54) is 33.4 Å². The van der Waals surface area contributed by atoms with Crippen LogP contribution in [0.1, 0.15) is 30.9 Å². The van der Waals surface area contributed by atoms with E-state index in [1.807, 2.05) is 6.07 Å². The van der Waals surface area contributed by atoms with E-state index >= 15 is 0 Å². The average Bonchev–Trinajstić information content (AvgIpc) is 3.45. The maximum atomic E-state index is 13.4. The van der Waals surface area contributed by atoms with E-state index in [0.29, 0.717) is 23.5 Å². The van der Waals surface area contributed by atoms with E-state index in [1.54, 1.807) is 12.1 Å². The largest absolute Gasteiger partial charge is 0.495 e. The highest BCUT2D eigenvalue weighted by Crippen LogP contribution is 2.58. The van der Waals surface area contributed by atoms with Gasteiger partial charge in [0.05, 0.1) is 14.2 Å². The molecular weight excluding hydrogens is 453 g/mol. The van der Waals surface area contributed by atoms with Gasteiger partial charge in [0.1, 0.15) is 11.5 Å². The van der Waals surface area contributed by atoms with Crippen LogP contribution in [0.15, 0.2) is 39.9 Å². The minimum Gasteiger partial charge on any atom is -0.495 e. The van der Waals surface area contributed by atoms with E-state index in [0.717, 1.165) is 24.0 Å². The molecule has 0 radical (unpaired) electrons. The Bertz CT molecular complexity index is 1310. The van der Waals surface area contributed by atoms with Crippen molar-refractivity contribution < 1.29 is 31.5 Å². The highest BCUT2D eigenvalue weighted by Gasteiger charge is 2.50. The van der Waals surface area contributed by atoms with Gasteiger partial charge in [-0.1, -0.05) is 11.2 Å². The second-order valence-corrected chi connectivity index (χ2v) is 9.74. The van der Waals surface area contributed by atoms with Crippen LogP contribution in [0, 0.1) is 0 Å². The zero-order chi connectivity index (χ0) is 23.4. The lowest BCUT2D eigenvalue weighted by Gasteiger charge is -2.25. The van der Waals surface area contributed by atoms with E-state index in [4.69, 9.17) is 18.7 Å². The number of anilines is 1. The van der Waals surface area contributed by atoms with Crippen molar-refractivity contribution in [2.75, 3.05) is 18.9 Å². The summed E-state index contributed by atoms with van der Waals surface area (Å²) >= 11 is 0. The Labute approximate surface area is 189 Å².